The maximum Gasteiger partial charge on any atom is 0.410 e. The number of amides is 3. The molecule has 2 aliphatic heterocycles. The zero-order chi connectivity index (χ0) is 33.0. The minimum atomic E-state index is -2.25. The zero-order valence-electron chi connectivity index (χ0n) is 28.4. The molecule has 0 unspecified atom stereocenters. The standard InChI is InChI=1S/C35H52N4O5Si/c1-34(2,3)43-33(42)39-24-30(31(21-29(39)19-20-40)44-45(7,8)35(4,5)6)38-25-36(22-27-15-11-9-12-16-27)32(41)37(26-38)23-28-17-13-10-14-18-28/h9-18,20,29-31H,19,21-26H2,1-8H3/t29-,30+,31-/m1/s1. The number of hydrogen-bond acceptors (Lipinski definition) is 6. The van der Waals surface area contributed by atoms with Gasteiger partial charge in [-0.05, 0) is 56.5 Å². The summed E-state index contributed by atoms with van der Waals surface area (Å²) in [5, 5.41) is -0.0312. The second-order valence-electron chi connectivity index (χ2n) is 14.9. The third kappa shape index (κ3) is 8.95. The van der Waals surface area contributed by atoms with Crippen LogP contribution in [0.25, 0.3) is 0 Å². The molecule has 3 amide bonds. The van der Waals surface area contributed by atoms with Crippen LogP contribution in [0, 0.1) is 0 Å². The summed E-state index contributed by atoms with van der Waals surface area (Å²) in [5.41, 5.74) is 1.42. The number of nitrogens with zero attached hydrogens (tertiary/aromatic N) is 4. The molecule has 0 bridgehead atoms. The van der Waals surface area contributed by atoms with Crippen molar-refractivity contribution in [3.8, 4) is 0 Å². The van der Waals surface area contributed by atoms with Crippen molar-refractivity contribution in [2.24, 2.45) is 0 Å². The lowest BCUT2D eigenvalue weighted by Gasteiger charge is -2.53. The Bertz CT molecular complexity index is 1240. The second-order valence-corrected chi connectivity index (χ2v) is 19.7. The van der Waals surface area contributed by atoms with Gasteiger partial charge in [0.2, 0.25) is 0 Å². The molecule has 0 radical (unpaired) electrons. The molecular weight excluding hydrogens is 584 g/mol. The van der Waals surface area contributed by atoms with E-state index in [2.05, 4.69) is 38.8 Å². The molecule has 3 atom stereocenters. The van der Waals surface area contributed by atoms with Gasteiger partial charge in [0.1, 0.15) is 11.9 Å². The Morgan fingerprint density at radius 2 is 1.40 bits per heavy atom. The van der Waals surface area contributed by atoms with E-state index in [-0.39, 0.29) is 35.7 Å². The first-order valence-electron chi connectivity index (χ1n) is 16.0. The van der Waals surface area contributed by atoms with E-state index < -0.39 is 20.0 Å². The topological polar surface area (TPSA) is 82.6 Å². The van der Waals surface area contributed by atoms with Gasteiger partial charge in [0, 0.05) is 32.1 Å². The molecule has 10 heteroatoms. The van der Waals surface area contributed by atoms with Crippen molar-refractivity contribution in [2.75, 3.05) is 19.9 Å². The van der Waals surface area contributed by atoms with Crippen molar-refractivity contribution < 1.29 is 23.5 Å². The predicted octanol–water partition coefficient (Wildman–Crippen LogP) is 6.70. The van der Waals surface area contributed by atoms with Crippen molar-refractivity contribution in [3.63, 3.8) is 0 Å². The van der Waals surface area contributed by atoms with Crippen LogP contribution in [0.4, 0.5) is 9.59 Å². The Hall–Kier alpha value is -3.21. The molecule has 0 spiro atoms. The normalized spacial score (nSPS) is 22.0. The van der Waals surface area contributed by atoms with Gasteiger partial charge in [-0.15, -0.1) is 0 Å². The average Bonchev–Trinajstić information content (AvgIpc) is 2.95. The van der Waals surface area contributed by atoms with Gasteiger partial charge in [0.15, 0.2) is 8.32 Å². The highest BCUT2D eigenvalue weighted by Crippen LogP contribution is 2.40. The number of ether oxygens (including phenoxy) is 1. The van der Waals surface area contributed by atoms with Gasteiger partial charge in [0.25, 0.3) is 0 Å². The Kier molecular flexibility index (Phi) is 10.8. The minimum Gasteiger partial charge on any atom is -0.444 e. The third-order valence-corrected chi connectivity index (χ3v) is 13.7. The number of likely N-dealkylation sites (tertiary alicyclic amines) is 1. The molecule has 246 valence electrons. The van der Waals surface area contributed by atoms with Crippen LogP contribution in [0.2, 0.25) is 18.1 Å². The molecule has 2 fully saturated rings. The van der Waals surface area contributed by atoms with Gasteiger partial charge < -0.3 is 28.7 Å². The first-order valence-corrected chi connectivity index (χ1v) is 19.0. The van der Waals surface area contributed by atoms with Gasteiger partial charge in [-0.2, -0.15) is 0 Å². The number of piperidine rings is 1. The SMILES string of the molecule is CC(C)(C)OC(=O)N1C[C@H](N2CN(Cc3ccccc3)C(=O)N(Cc3ccccc3)C2)[C@H](O[Si](C)(C)C(C)(C)C)C[C@H]1CC=O. The summed E-state index contributed by atoms with van der Waals surface area (Å²) in [4.78, 5) is 47.2. The van der Waals surface area contributed by atoms with Crippen molar-refractivity contribution in [1.82, 2.24) is 19.6 Å². The van der Waals surface area contributed by atoms with Crippen molar-refractivity contribution in [3.05, 3.63) is 71.8 Å². The van der Waals surface area contributed by atoms with Gasteiger partial charge in [-0.25, -0.2) is 9.59 Å². The highest BCUT2D eigenvalue weighted by molar-refractivity contribution is 6.74. The van der Waals surface area contributed by atoms with Crippen LogP contribution in [0.5, 0.6) is 0 Å². The zero-order valence-corrected chi connectivity index (χ0v) is 29.4. The van der Waals surface area contributed by atoms with Gasteiger partial charge >= 0.3 is 12.1 Å². The van der Waals surface area contributed by atoms with Crippen LogP contribution in [-0.2, 0) is 27.0 Å². The fourth-order valence-electron chi connectivity index (χ4n) is 5.79. The Labute approximate surface area is 270 Å². The van der Waals surface area contributed by atoms with Gasteiger partial charge in [0.05, 0.1) is 25.5 Å². The molecule has 2 aromatic carbocycles. The number of aldehydes is 1. The van der Waals surface area contributed by atoms with Crippen molar-refractivity contribution in [2.45, 2.75) is 109 Å². The maximum atomic E-state index is 13.9. The Balaban J connectivity index is 1.72. The summed E-state index contributed by atoms with van der Waals surface area (Å²) in [6.07, 6.45) is 0.938. The highest BCUT2D eigenvalue weighted by atomic mass is 28.4. The Morgan fingerprint density at radius 1 is 0.889 bits per heavy atom. The molecular formula is C35H52N4O5Si. The van der Waals surface area contributed by atoms with Crippen LogP contribution < -0.4 is 0 Å². The lowest BCUT2D eigenvalue weighted by Crippen LogP contribution is -2.68. The summed E-state index contributed by atoms with van der Waals surface area (Å²) >= 11 is 0. The number of urea groups is 1. The van der Waals surface area contributed by atoms with E-state index in [1.54, 1.807) is 4.90 Å². The molecule has 0 saturated carbocycles. The van der Waals surface area contributed by atoms with E-state index in [0.29, 0.717) is 39.4 Å². The number of carbonyl (C=O) groups excluding carboxylic acids is 3. The first-order chi connectivity index (χ1) is 21.1. The van der Waals surface area contributed by atoms with Crippen LogP contribution in [0.15, 0.2) is 60.7 Å². The highest BCUT2D eigenvalue weighted by Gasteiger charge is 2.48. The van der Waals surface area contributed by atoms with Crippen LogP contribution >= 0.6 is 0 Å². The number of hydrogen-bond donors (Lipinski definition) is 0. The molecule has 9 nitrogen and oxygen atoms in total. The van der Waals surface area contributed by atoms with E-state index in [0.717, 1.165) is 17.4 Å². The smallest absolute Gasteiger partial charge is 0.410 e. The van der Waals surface area contributed by atoms with Crippen LogP contribution in [0.3, 0.4) is 0 Å². The van der Waals surface area contributed by atoms with Gasteiger partial charge in [-0.3, -0.25) is 4.90 Å². The summed E-state index contributed by atoms with van der Waals surface area (Å²) in [6, 6.07) is 19.4. The van der Waals surface area contributed by atoms with Crippen molar-refractivity contribution in [1.29, 1.82) is 0 Å². The second kappa shape index (κ2) is 14.1. The molecule has 0 aromatic heterocycles. The molecule has 45 heavy (non-hydrogen) atoms. The van der Waals surface area contributed by atoms with Gasteiger partial charge in [-0.1, -0.05) is 81.4 Å². The Morgan fingerprint density at radius 3 is 1.84 bits per heavy atom. The molecule has 0 N–H and O–H groups in total. The first kappa shape index (κ1) is 34.7. The quantitative estimate of drug-likeness (QED) is 0.225. The summed E-state index contributed by atoms with van der Waals surface area (Å²) < 4.78 is 13.0. The van der Waals surface area contributed by atoms with Crippen LogP contribution in [-0.4, -0.2) is 90.0 Å². The summed E-state index contributed by atoms with van der Waals surface area (Å²) in [7, 11) is -2.25. The monoisotopic (exact) mass is 636 g/mol. The molecule has 2 heterocycles. The molecule has 0 aliphatic carbocycles. The molecule has 2 aliphatic rings. The predicted molar refractivity (Wildman–Crippen MR) is 179 cm³/mol. The van der Waals surface area contributed by atoms with E-state index in [1.807, 2.05) is 91.2 Å². The number of rotatable bonds is 9. The van der Waals surface area contributed by atoms with E-state index in [9.17, 15) is 14.4 Å². The third-order valence-electron chi connectivity index (χ3n) is 9.15. The average molecular weight is 637 g/mol. The fourth-order valence-corrected chi connectivity index (χ4v) is 7.15. The maximum absolute atomic E-state index is 13.9. The number of carbonyl (C=O) groups is 3. The summed E-state index contributed by atoms with van der Waals surface area (Å²) in [6.45, 7) is 18.7. The van der Waals surface area contributed by atoms with E-state index >= 15 is 0 Å². The van der Waals surface area contributed by atoms with Crippen molar-refractivity contribution >= 4 is 26.7 Å². The molecule has 4 rings (SSSR count). The van der Waals surface area contributed by atoms with E-state index in [1.165, 1.54) is 0 Å². The van der Waals surface area contributed by atoms with Crippen LogP contribution in [0.1, 0.15) is 65.5 Å². The summed E-state index contributed by atoms with van der Waals surface area (Å²) in [5.74, 6) is 0. The van der Waals surface area contributed by atoms with E-state index in [4.69, 9.17) is 9.16 Å². The fraction of sp³-hybridized carbons (Fsp3) is 0.571. The molecule has 2 aromatic rings. The lowest BCUT2D eigenvalue weighted by atomic mass is 9.93. The largest absolute Gasteiger partial charge is 0.444 e. The molecule has 2 saturated heterocycles. The lowest BCUT2D eigenvalue weighted by molar-refractivity contribution is -0.111. The number of benzene rings is 2. The minimum absolute atomic E-state index is 0.0283.